The molecule has 0 fully saturated rings. The van der Waals surface area contributed by atoms with Crippen molar-refractivity contribution in [3.8, 4) is 0 Å². The average Bonchev–Trinajstić information content (AvgIpc) is 3.26. The SMILES string of the molecule is O=C(O)[C@@H]1C2c3ccccc3C(c3ccccc32)[C@@H]1C(=O)Nc1ccc2c(c1)oc1ccccc12. The number of carboxylic acids is 1. The monoisotopic (exact) mass is 459 g/mol. The minimum Gasteiger partial charge on any atom is -0.481 e. The highest BCUT2D eigenvalue weighted by Crippen LogP contribution is 2.58. The number of fused-ring (bicyclic) bond motifs is 4. The fourth-order valence-corrected chi connectivity index (χ4v) is 6.32. The highest BCUT2D eigenvalue weighted by molar-refractivity contribution is 6.07. The lowest BCUT2D eigenvalue weighted by Gasteiger charge is -2.48. The summed E-state index contributed by atoms with van der Waals surface area (Å²) in [4.78, 5) is 26.4. The molecule has 170 valence electrons. The Morgan fingerprint density at radius 3 is 1.83 bits per heavy atom. The van der Waals surface area contributed by atoms with Crippen LogP contribution in [0.5, 0.6) is 0 Å². The Morgan fingerprint density at radius 1 is 0.657 bits per heavy atom. The minimum absolute atomic E-state index is 0.285. The third-order valence-electron chi connectivity index (χ3n) is 7.67. The number of amides is 1. The first kappa shape index (κ1) is 20.0. The third kappa shape index (κ3) is 2.81. The molecule has 4 aromatic carbocycles. The molecular formula is C30H21NO4. The van der Waals surface area contributed by atoms with Crippen molar-refractivity contribution < 1.29 is 19.1 Å². The zero-order chi connectivity index (χ0) is 23.7. The van der Waals surface area contributed by atoms with Gasteiger partial charge in [0, 0.05) is 34.4 Å². The van der Waals surface area contributed by atoms with Crippen molar-refractivity contribution in [2.24, 2.45) is 11.8 Å². The molecule has 0 saturated heterocycles. The van der Waals surface area contributed by atoms with Crippen LogP contribution >= 0.6 is 0 Å². The van der Waals surface area contributed by atoms with Crippen molar-refractivity contribution >= 4 is 39.5 Å². The Bertz CT molecular complexity index is 1620. The molecule has 1 heterocycles. The predicted molar refractivity (Wildman–Crippen MR) is 134 cm³/mol. The number of carbonyl (C=O) groups excluding carboxylic acids is 1. The van der Waals surface area contributed by atoms with E-state index >= 15 is 0 Å². The largest absolute Gasteiger partial charge is 0.481 e. The van der Waals surface area contributed by atoms with E-state index in [0.717, 1.165) is 38.6 Å². The number of anilines is 1. The summed E-state index contributed by atoms with van der Waals surface area (Å²) in [5, 5.41) is 15.3. The lowest BCUT2D eigenvalue weighted by atomic mass is 9.54. The fourth-order valence-electron chi connectivity index (χ4n) is 6.32. The number of para-hydroxylation sites is 1. The molecule has 5 nitrogen and oxygen atoms in total. The number of carbonyl (C=O) groups is 2. The number of nitrogens with one attached hydrogen (secondary N) is 1. The summed E-state index contributed by atoms with van der Waals surface area (Å²) in [6.45, 7) is 0. The maximum absolute atomic E-state index is 13.8. The molecule has 5 aromatic rings. The Balaban J connectivity index is 1.32. The number of furan rings is 1. The normalized spacial score (nSPS) is 22.1. The van der Waals surface area contributed by atoms with Crippen molar-refractivity contribution in [2.75, 3.05) is 5.32 Å². The lowest BCUT2D eigenvalue weighted by Crippen LogP contribution is -2.48. The second-order valence-corrected chi connectivity index (χ2v) is 9.40. The zero-order valence-corrected chi connectivity index (χ0v) is 18.6. The third-order valence-corrected chi connectivity index (χ3v) is 7.67. The van der Waals surface area contributed by atoms with E-state index in [9.17, 15) is 14.7 Å². The summed E-state index contributed by atoms with van der Waals surface area (Å²) in [6, 6.07) is 29.3. The van der Waals surface area contributed by atoms with Crippen LogP contribution in [0.4, 0.5) is 5.69 Å². The van der Waals surface area contributed by atoms with Gasteiger partial charge in [-0.15, -0.1) is 0 Å². The van der Waals surface area contributed by atoms with Crippen molar-refractivity contribution in [3.05, 3.63) is 113 Å². The van der Waals surface area contributed by atoms with Crippen LogP contribution in [0, 0.1) is 11.8 Å². The van der Waals surface area contributed by atoms with E-state index in [1.807, 2.05) is 91.0 Å². The standard InChI is InChI=1S/C30H21NO4/c32-29(31-16-13-14-18-17-7-5-6-12-23(17)35-24(18)15-16)27-25-19-8-1-3-10-21(19)26(28(27)30(33)34)22-11-4-2-9-20(22)25/h1-15,25-28H,(H,31,32)(H,33,34)/t25?,26?,27-,28+/m0/s1. The van der Waals surface area contributed by atoms with Crippen LogP contribution in [0.1, 0.15) is 34.1 Å². The Labute approximate surface area is 201 Å². The molecule has 5 heteroatoms. The average molecular weight is 460 g/mol. The van der Waals surface area contributed by atoms with Gasteiger partial charge < -0.3 is 14.8 Å². The first-order chi connectivity index (χ1) is 17.1. The first-order valence-corrected chi connectivity index (χ1v) is 11.7. The number of benzene rings is 4. The van der Waals surface area contributed by atoms with Crippen LogP contribution in [0.25, 0.3) is 21.9 Å². The van der Waals surface area contributed by atoms with Gasteiger partial charge in [-0.05, 0) is 40.5 Å². The molecule has 1 amide bonds. The summed E-state index contributed by atoms with van der Waals surface area (Å²) >= 11 is 0. The molecule has 1 aromatic heterocycles. The molecule has 0 saturated carbocycles. The lowest BCUT2D eigenvalue weighted by molar-refractivity contribution is -0.148. The van der Waals surface area contributed by atoms with Crippen molar-refractivity contribution in [2.45, 2.75) is 11.8 Å². The van der Waals surface area contributed by atoms with Crippen LogP contribution in [-0.2, 0) is 9.59 Å². The second-order valence-electron chi connectivity index (χ2n) is 9.40. The maximum atomic E-state index is 13.8. The van der Waals surface area contributed by atoms with Crippen LogP contribution in [-0.4, -0.2) is 17.0 Å². The van der Waals surface area contributed by atoms with E-state index in [4.69, 9.17) is 4.42 Å². The van der Waals surface area contributed by atoms with Crippen molar-refractivity contribution in [1.29, 1.82) is 0 Å². The van der Waals surface area contributed by atoms with Crippen molar-refractivity contribution in [1.82, 2.24) is 0 Å². The Hall–Kier alpha value is -4.38. The van der Waals surface area contributed by atoms with Gasteiger partial charge in [-0.2, -0.15) is 0 Å². The summed E-state index contributed by atoms with van der Waals surface area (Å²) in [5.41, 5.74) is 6.17. The predicted octanol–water partition coefficient (Wildman–Crippen LogP) is 6.13. The van der Waals surface area contributed by atoms with E-state index in [1.165, 1.54) is 0 Å². The molecule has 2 bridgehead atoms. The number of carboxylic acid groups (broad SMARTS) is 1. The number of rotatable bonds is 3. The van der Waals surface area contributed by atoms with Gasteiger partial charge in [0.1, 0.15) is 11.2 Å². The van der Waals surface area contributed by atoms with Crippen LogP contribution in [0.15, 0.2) is 95.4 Å². The topological polar surface area (TPSA) is 79.5 Å². The molecule has 0 aliphatic heterocycles. The quantitative estimate of drug-likeness (QED) is 0.340. The molecule has 3 aliphatic carbocycles. The number of hydrogen-bond acceptors (Lipinski definition) is 3. The van der Waals surface area contributed by atoms with E-state index < -0.39 is 17.8 Å². The highest BCUT2D eigenvalue weighted by atomic mass is 16.4. The van der Waals surface area contributed by atoms with Gasteiger partial charge in [-0.1, -0.05) is 66.7 Å². The minimum atomic E-state index is -0.947. The summed E-state index contributed by atoms with van der Waals surface area (Å²) in [5.74, 6) is -3.49. The van der Waals surface area contributed by atoms with Gasteiger partial charge in [0.05, 0.1) is 11.8 Å². The molecule has 8 rings (SSSR count). The molecule has 3 aliphatic rings. The summed E-state index contributed by atoms with van der Waals surface area (Å²) in [6.07, 6.45) is 0. The maximum Gasteiger partial charge on any atom is 0.308 e. The molecular weight excluding hydrogens is 438 g/mol. The molecule has 2 atom stereocenters. The molecule has 0 unspecified atom stereocenters. The summed E-state index contributed by atoms with van der Waals surface area (Å²) in [7, 11) is 0. The van der Waals surface area contributed by atoms with E-state index in [2.05, 4.69) is 5.32 Å². The van der Waals surface area contributed by atoms with Gasteiger partial charge in [-0.3, -0.25) is 9.59 Å². The zero-order valence-electron chi connectivity index (χ0n) is 18.6. The highest BCUT2D eigenvalue weighted by Gasteiger charge is 2.55. The first-order valence-electron chi connectivity index (χ1n) is 11.7. The van der Waals surface area contributed by atoms with Gasteiger partial charge in [0.2, 0.25) is 5.91 Å². The number of hydrogen-bond donors (Lipinski definition) is 2. The van der Waals surface area contributed by atoms with Gasteiger partial charge in [-0.25, -0.2) is 0 Å². The Morgan fingerprint density at radius 2 is 1.20 bits per heavy atom. The van der Waals surface area contributed by atoms with Crippen molar-refractivity contribution in [3.63, 3.8) is 0 Å². The van der Waals surface area contributed by atoms with E-state index in [1.54, 1.807) is 0 Å². The summed E-state index contributed by atoms with van der Waals surface area (Å²) < 4.78 is 5.98. The van der Waals surface area contributed by atoms with E-state index in [-0.39, 0.29) is 17.7 Å². The van der Waals surface area contributed by atoms with Crippen LogP contribution in [0.2, 0.25) is 0 Å². The smallest absolute Gasteiger partial charge is 0.308 e. The van der Waals surface area contributed by atoms with Gasteiger partial charge >= 0.3 is 5.97 Å². The fraction of sp³-hybridized carbons (Fsp3) is 0.133. The molecule has 2 N–H and O–H groups in total. The number of aliphatic carboxylic acids is 1. The van der Waals surface area contributed by atoms with Crippen LogP contribution in [0.3, 0.4) is 0 Å². The molecule has 0 spiro atoms. The van der Waals surface area contributed by atoms with E-state index in [0.29, 0.717) is 11.3 Å². The molecule has 35 heavy (non-hydrogen) atoms. The Kier molecular flexibility index (Phi) is 4.18. The second kappa shape index (κ2) is 7.31. The van der Waals surface area contributed by atoms with Gasteiger partial charge in [0.15, 0.2) is 0 Å². The molecule has 0 radical (unpaired) electrons. The van der Waals surface area contributed by atoms with Gasteiger partial charge in [0.25, 0.3) is 0 Å². The van der Waals surface area contributed by atoms with Crippen LogP contribution < -0.4 is 5.32 Å².